The van der Waals surface area contributed by atoms with E-state index in [4.69, 9.17) is 10.5 Å². The number of nitrogen functional groups attached to an aromatic ring is 1. The molecule has 0 amide bonds. The molecule has 0 fully saturated rings. The number of ether oxygens (including phenoxy) is 1. The molecule has 0 aliphatic heterocycles. The van der Waals surface area contributed by atoms with Gasteiger partial charge in [0.05, 0.1) is 18.5 Å². The summed E-state index contributed by atoms with van der Waals surface area (Å²) in [4.78, 5) is 12.4. The zero-order chi connectivity index (χ0) is 14.7. The van der Waals surface area contributed by atoms with Crippen molar-refractivity contribution in [1.82, 2.24) is 24.7 Å². The third-order valence-electron chi connectivity index (χ3n) is 2.78. The molecule has 106 valence electrons. The predicted molar refractivity (Wildman–Crippen MR) is 78.0 cm³/mol. The van der Waals surface area contributed by atoms with Crippen molar-refractivity contribution in [3.8, 4) is 23.2 Å². The average Bonchev–Trinajstić information content (AvgIpc) is 2.97. The molecule has 0 spiro atoms. The fourth-order valence-corrected chi connectivity index (χ4v) is 1.93. The lowest BCUT2D eigenvalue weighted by Gasteiger charge is -2.08. The second-order valence-electron chi connectivity index (χ2n) is 4.20. The lowest BCUT2D eigenvalue weighted by molar-refractivity contribution is 0.312. The van der Waals surface area contributed by atoms with Gasteiger partial charge in [-0.1, -0.05) is 18.2 Å². The third kappa shape index (κ3) is 2.66. The van der Waals surface area contributed by atoms with Crippen LogP contribution in [0.5, 0.6) is 6.01 Å². The standard InChI is InChI=1S/C14H14N6O/c1-2-21-14-18-12(17-13(15)19-14)11-8-9-16-20(11)10-6-4-3-5-7-10/h3-9H,2H2,1H3,(H2,15,17,18,19). The van der Waals surface area contributed by atoms with Gasteiger partial charge in [0, 0.05) is 0 Å². The Kier molecular flexibility index (Phi) is 3.46. The molecule has 0 radical (unpaired) electrons. The van der Waals surface area contributed by atoms with Crippen LogP contribution in [0.15, 0.2) is 42.6 Å². The summed E-state index contributed by atoms with van der Waals surface area (Å²) in [5.41, 5.74) is 7.34. The van der Waals surface area contributed by atoms with E-state index in [2.05, 4.69) is 20.1 Å². The Balaban J connectivity index is 2.08. The van der Waals surface area contributed by atoms with Crippen molar-refractivity contribution >= 4 is 5.95 Å². The molecule has 7 nitrogen and oxygen atoms in total. The quantitative estimate of drug-likeness (QED) is 0.783. The van der Waals surface area contributed by atoms with Gasteiger partial charge in [-0.05, 0) is 25.1 Å². The first-order chi connectivity index (χ1) is 10.3. The normalized spacial score (nSPS) is 10.5. The molecule has 3 rings (SSSR count). The van der Waals surface area contributed by atoms with E-state index in [0.29, 0.717) is 12.4 Å². The lowest BCUT2D eigenvalue weighted by atomic mass is 10.3. The Labute approximate surface area is 121 Å². The molecule has 3 aromatic rings. The molecule has 0 aliphatic rings. The summed E-state index contributed by atoms with van der Waals surface area (Å²) >= 11 is 0. The van der Waals surface area contributed by atoms with Crippen LogP contribution in [0.25, 0.3) is 17.2 Å². The predicted octanol–water partition coefficient (Wildman–Crippen LogP) is 1.71. The number of aromatic nitrogens is 5. The number of hydrogen-bond donors (Lipinski definition) is 1. The van der Waals surface area contributed by atoms with Gasteiger partial charge in [0.1, 0.15) is 5.69 Å². The molecule has 1 aromatic carbocycles. The van der Waals surface area contributed by atoms with E-state index in [-0.39, 0.29) is 12.0 Å². The zero-order valence-electron chi connectivity index (χ0n) is 11.5. The molecular weight excluding hydrogens is 268 g/mol. The second kappa shape index (κ2) is 5.58. The first kappa shape index (κ1) is 13.0. The van der Waals surface area contributed by atoms with Crippen LogP contribution in [0.2, 0.25) is 0 Å². The Hall–Kier alpha value is -2.96. The lowest BCUT2D eigenvalue weighted by Crippen LogP contribution is -2.07. The highest BCUT2D eigenvalue weighted by Gasteiger charge is 2.13. The minimum absolute atomic E-state index is 0.115. The summed E-state index contributed by atoms with van der Waals surface area (Å²) in [6.45, 7) is 2.31. The monoisotopic (exact) mass is 282 g/mol. The van der Waals surface area contributed by atoms with Crippen LogP contribution in [0.4, 0.5) is 5.95 Å². The fraction of sp³-hybridized carbons (Fsp3) is 0.143. The van der Waals surface area contributed by atoms with Crippen molar-refractivity contribution in [2.24, 2.45) is 0 Å². The van der Waals surface area contributed by atoms with Crippen LogP contribution in [0.3, 0.4) is 0 Å². The highest BCUT2D eigenvalue weighted by molar-refractivity contribution is 5.54. The largest absolute Gasteiger partial charge is 0.464 e. The van der Waals surface area contributed by atoms with E-state index >= 15 is 0 Å². The van der Waals surface area contributed by atoms with Gasteiger partial charge in [-0.15, -0.1) is 0 Å². The van der Waals surface area contributed by atoms with Crippen LogP contribution in [0.1, 0.15) is 6.92 Å². The molecule has 0 aliphatic carbocycles. The van der Waals surface area contributed by atoms with E-state index in [1.807, 2.05) is 43.3 Å². The molecule has 2 aromatic heterocycles. The van der Waals surface area contributed by atoms with Gasteiger partial charge in [-0.3, -0.25) is 0 Å². The maximum absolute atomic E-state index is 5.71. The maximum atomic E-state index is 5.71. The molecule has 0 saturated heterocycles. The van der Waals surface area contributed by atoms with Crippen molar-refractivity contribution in [1.29, 1.82) is 0 Å². The van der Waals surface area contributed by atoms with E-state index in [0.717, 1.165) is 11.4 Å². The summed E-state index contributed by atoms with van der Waals surface area (Å²) < 4.78 is 7.04. The summed E-state index contributed by atoms with van der Waals surface area (Å²) in [5, 5.41) is 4.30. The van der Waals surface area contributed by atoms with Crippen LogP contribution in [-0.2, 0) is 0 Å². The molecule has 0 bridgehead atoms. The Morgan fingerprint density at radius 1 is 1.10 bits per heavy atom. The molecule has 0 atom stereocenters. The number of benzene rings is 1. The van der Waals surface area contributed by atoms with E-state index in [9.17, 15) is 0 Å². The van der Waals surface area contributed by atoms with Gasteiger partial charge >= 0.3 is 6.01 Å². The van der Waals surface area contributed by atoms with Crippen LogP contribution in [0, 0.1) is 0 Å². The minimum atomic E-state index is 0.115. The minimum Gasteiger partial charge on any atom is -0.464 e. The number of para-hydroxylation sites is 1. The molecule has 0 saturated carbocycles. The molecular formula is C14H14N6O. The third-order valence-corrected chi connectivity index (χ3v) is 2.78. The Morgan fingerprint density at radius 3 is 2.67 bits per heavy atom. The zero-order valence-corrected chi connectivity index (χ0v) is 11.5. The van der Waals surface area contributed by atoms with Crippen LogP contribution < -0.4 is 10.5 Å². The van der Waals surface area contributed by atoms with Gasteiger partial charge in [0.25, 0.3) is 0 Å². The average molecular weight is 282 g/mol. The van der Waals surface area contributed by atoms with Gasteiger partial charge in [0.2, 0.25) is 5.95 Å². The Morgan fingerprint density at radius 2 is 1.90 bits per heavy atom. The number of nitrogens with two attached hydrogens (primary N) is 1. The summed E-state index contributed by atoms with van der Waals surface area (Å²) in [6, 6.07) is 11.7. The van der Waals surface area contributed by atoms with E-state index < -0.39 is 0 Å². The topological polar surface area (TPSA) is 91.7 Å². The van der Waals surface area contributed by atoms with Crippen molar-refractivity contribution < 1.29 is 4.74 Å². The Bertz CT molecular complexity index is 740. The molecule has 2 heterocycles. The number of rotatable bonds is 4. The van der Waals surface area contributed by atoms with Crippen molar-refractivity contribution in [2.75, 3.05) is 12.3 Å². The molecule has 2 N–H and O–H groups in total. The van der Waals surface area contributed by atoms with E-state index in [1.165, 1.54) is 0 Å². The van der Waals surface area contributed by atoms with Gasteiger partial charge < -0.3 is 10.5 Å². The second-order valence-corrected chi connectivity index (χ2v) is 4.20. The summed E-state index contributed by atoms with van der Waals surface area (Å²) in [7, 11) is 0. The number of nitrogens with zero attached hydrogens (tertiary/aromatic N) is 5. The van der Waals surface area contributed by atoms with Crippen LogP contribution >= 0.6 is 0 Å². The van der Waals surface area contributed by atoms with Crippen LogP contribution in [-0.4, -0.2) is 31.3 Å². The summed E-state index contributed by atoms with van der Waals surface area (Å²) in [6.07, 6.45) is 1.68. The maximum Gasteiger partial charge on any atom is 0.321 e. The van der Waals surface area contributed by atoms with Crippen molar-refractivity contribution in [3.05, 3.63) is 42.6 Å². The van der Waals surface area contributed by atoms with E-state index in [1.54, 1.807) is 10.9 Å². The number of hydrogen-bond acceptors (Lipinski definition) is 6. The smallest absolute Gasteiger partial charge is 0.321 e. The molecule has 7 heteroatoms. The van der Waals surface area contributed by atoms with Crippen molar-refractivity contribution in [3.63, 3.8) is 0 Å². The number of anilines is 1. The van der Waals surface area contributed by atoms with Gasteiger partial charge in [-0.25, -0.2) is 4.68 Å². The van der Waals surface area contributed by atoms with Gasteiger partial charge in [-0.2, -0.15) is 20.1 Å². The highest BCUT2D eigenvalue weighted by Crippen LogP contribution is 2.20. The molecule has 21 heavy (non-hydrogen) atoms. The van der Waals surface area contributed by atoms with Gasteiger partial charge in [0.15, 0.2) is 5.82 Å². The van der Waals surface area contributed by atoms with Crippen molar-refractivity contribution in [2.45, 2.75) is 6.92 Å². The first-order valence-corrected chi connectivity index (χ1v) is 6.52. The highest BCUT2D eigenvalue weighted by atomic mass is 16.5. The summed E-state index contributed by atoms with van der Waals surface area (Å²) in [5.74, 6) is 0.538. The molecule has 0 unspecified atom stereocenters. The SMILES string of the molecule is CCOc1nc(N)nc(-c2ccnn2-c2ccccc2)n1. The first-order valence-electron chi connectivity index (χ1n) is 6.52. The fourth-order valence-electron chi connectivity index (χ4n) is 1.93.